The average Bonchev–Trinajstić information content (AvgIpc) is 2.76. The number of carbonyl (C=O) groups is 2. The predicted molar refractivity (Wildman–Crippen MR) is 135 cm³/mol. The van der Waals surface area contributed by atoms with Gasteiger partial charge in [-0.15, -0.1) is 0 Å². The smallest absolute Gasteiger partial charge is 0.414 e. The SMILES string of the molecule is CC(O)c1ccc(Nc2cccc([C@]3(C)CC(=O)N(C)C(NC(=O)OC(C)(C)C)=N3)c2)c([N+](=O)[O-])c1. The molecule has 2 aromatic rings. The van der Waals surface area contributed by atoms with Gasteiger partial charge in [0.05, 0.1) is 23.0 Å². The number of alkyl carbamates (subject to hydrolysis) is 1. The van der Waals surface area contributed by atoms with Crippen LogP contribution in [-0.4, -0.2) is 45.5 Å². The van der Waals surface area contributed by atoms with E-state index in [9.17, 15) is 24.8 Å². The first-order valence-electron chi connectivity index (χ1n) is 11.4. The number of nitro groups is 1. The van der Waals surface area contributed by atoms with Crippen LogP contribution in [-0.2, 0) is 15.1 Å². The van der Waals surface area contributed by atoms with E-state index >= 15 is 0 Å². The molecule has 0 fully saturated rings. The maximum absolute atomic E-state index is 12.8. The zero-order valence-electron chi connectivity index (χ0n) is 21.2. The summed E-state index contributed by atoms with van der Waals surface area (Å²) in [4.78, 5) is 42.1. The lowest BCUT2D eigenvalue weighted by Crippen LogP contribution is -2.52. The summed E-state index contributed by atoms with van der Waals surface area (Å²) in [6.07, 6.45) is -1.52. The van der Waals surface area contributed by atoms with Crippen LogP contribution in [0.3, 0.4) is 0 Å². The lowest BCUT2D eigenvalue weighted by atomic mass is 9.87. The lowest BCUT2D eigenvalue weighted by molar-refractivity contribution is -0.384. The minimum Gasteiger partial charge on any atom is -0.444 e. The van der Waals surface area contributed by atoms with E-state index in [1.54, 1.807) is 58.0 Å². The number of benzene rings is 2. The third-order valence-electron chi connectivity index (χ3n) is 5.62. The maximum atomic E-state index is 12.8. The van der Waals surface area contributed by atoms with Crippen LogP contribution in [0.25, 0.3) is 0 Å². The average molecular weight is 498 g/mol. The van der Waals surface area contributed by atoms with Gasteiger partial charge in [-0.05, 0) is 63.9 Å². The summed E-state index contributed by atoms with van der Waals surface area (Å²) >= 11 is 0. The fraction of sp³-hybridized carbons (Fsp3) is 0.400. The number of rotatable bonds is 5. The summed E-state index contributed by atoms with van der Waals surface area (Å²) in [7, 11) is 1.52. The molecule has 2 atom stereocenters. The molecule has 2 amide bonds. The molecular weight excluding hydrogens is 466 g/mol. The second-order valence-corrected chi connectivity index (χ2v) is 9.88. The number of aliphatic imine (C=N–C) groups is 1. The van der Waals surface area contributed by atoms with Crippen molar-refractivity contribution in [1.29, 1.82) is 0 Å². The summed E-state index contributed by atoms with van der Waals surface area (Å²) in [6, 6.07) is 11.5. The molecule has 11 heteroatoms. The molecule has 1 heterocycles. The van der Waals surface area contributed by atoms with Gasteiger partial charge in [-0.2, -0.15) is 0 Å². The molecule has 36 heavy (non-hydrogen) atoms. The van der Waals surface area contributed by atoms with Gasteiger partial charge in [0, 0.05) is 18.8 Å². The van der Waals surface area contributed by atoms with Crippen LogP contribution in [0.4, 0.5) is 21.9 Å². The monoisotopic (exact) mass is 497 g/mol. The molecule has 1 aliphatic heterocycles. The highest BCUT2D eigenvalue weighted by Gasteiger charge is 2.38. The van der Waals surface area contributed by atoms with Gasteiger partial charge in [-0.1, -0.05) is 18.2 Å². The van der Waals surface area contributed by atoms with Crippen molar-refractivity contribution in [3.8, 4) is 0 Å². The van der Waals surface area contributed by atoms with Gasteiger partial charge >= 0.3 is 6.09 Å². The van der Waals surface area contributed by atoms with Crippen molar-refractivity contribution in [1.82, 2.24) is 10.2 Å². The normalized spacial score (nSPS) is 18.8. The number of nitrogens with one attached hydrogen (secondary N) is 2. The molecule has 3 rings (SSSR count). The largest absolute Gasteiger partial charge is 0.444 e. The first-order valence-corrected chi connectivity index (χ1v) is 11.4. The highest BCUT2D eigenvalue weighted by molar-refractivity contribution is 6.05. The number of aliphatic hydroxyl groups is 1. The molecule has 2 aromatic carbocycles. The molecule has 0 aliphatic carbocycles. The molecular formula is C25H31N5O6. The van der Waals surface area contributed by atoms with Crippen LogP contribution in [0, 0.1) is 10.1 Å². The Morgan fingerprint density at radius 3 is 2.58 bits per heavy atom. The quantitative estimate of drug-likeness (QED) is 0.411. The van der Waals surface area contributed by atoms with Gasteiger partial charge in [0.25, 0.3) is 5.69 Å². The molecule has 192 valence electrons. The second kappa shape index (κ2) is 9.94. The number of amides is 2. The lowest BCUT2D eigenvalue weighted by Gasteiger charge is -2.35. The number of nitro benzene ring substituents is 1. The number of aliphatic hydroxyl groups excluding tert-OH is 1. The Morgan fingerprint density at radius 1 is 1.28 bits per heavy atom. The van der Waals surface area contributed by atoms with Crippen molar-refractivity contribution in [2.24, 2.45) is 4.99 Å². The topological polar surface area (TPSA) is 146 Å². The van der Waals surface area contributed by atoms with Gasteiger partial charge in [0.15, 0.2) is 0 Å². The standard InChI is InChI=1S/C25H31N5O6/c1-15(31)16-10-11-19(20(12-16)30(34)35)26-18-9-7-8-17(13-18)25(5)14-21(32)29(6)22(28-25)27-23(33)36-24(2,3)4/h7-13,15,26,31H,14H2,1-6H3,(H,27,28,33)/t15?,25-/m0/s1. The van der Waals surface area contributed by atoms with Crippen molar-refractivity contribution in [3.05, 3.63) is 63.7 Å². The van der Waals surface area contributed by atoms with E-state index in [4.69, 9.17) is 4.74 Å². The van der Waals surface area contributed by atoms with E-state index in [0.29, 0.717) is 16.8 Å². The van der Waals surface area contributed by atoms with E-state index in [0.717, 1.165) is 0 Å². The minimum absolute atomic E-state index is 0.0513. The highest BCUT2D eigenvalue weighted by Crippen LogP contribution is 2.36. The predicted octanol–water partition coefficient (Wildman–Crippen LogP) is 4.35. The Labute approximate surface area is 209 Å². The Morgan fingerprint density at radius 2 is 1.97 bits per heavy atom. The Bertz CT molecular complexity index is 1220. The first-order chi connectivity index (χ1) is 16.7. The van der Waals surface area contributed by atoms with E-state index in [1.807, 2.05) is 0 Å². The fourth-order valence-electron chi connectivity index (χ4n) is 3.71. The Balaban J connectivity index is 1.93. The van der Waals surface area contributed by atoms with Gasteiger partial charge in [0.2, 0.25) is 11.9 Å². The van der Waals surface area contributed by atoms with E-state index in [-0.39, 0.29) is 29.7 Å². The van der Waals surface area contributed by atoms with Crippen LogP contribution in [0.15, 0.2) is 47.5 Å². The van der Waals surface area contributed by atoms with Gasteiger partial charge in [0.1, 0.15) is 11.3 Å². The molecule has 0 bridgehead atoms. The maximum Gasteiger partial charge on any atom is 0.414 e. The van der Waals surface area contributed by atoms with Crippen molar-refractivity contribution >= 4 is 35.0 Å². The van der Waals surface area contributed by atoms with Gasteiger partial charge in [-0.25, -0.2) is 9.79 Å². The van der Waals surface area contributed by atoms with Gasteiger partial charge in [-0.3, -0.25) is 25.1 Å². The number of anilines is 2. The van der Waals surface area contributed by atoms with E-state index in [2.05, 4.69) is 15.6 Å². The zero-order chi connectivity index (χ0) is 26.8. The van der Waals surface area contributed by atoms with Crippen LogP contribution in [0.5, 0.6) is 0 Å². The van der Waals surface area contributed by atoms with Crippen molar-refractivity contribution < 1.29 is 24.4 Å². The molecule has 1 aliphatic rings. The van der Waals surface area contributed by atoms with E-state index < -0.39 is 28.3 Å². The number of hydrogen-bond donors (Lipinski definition) is 3. The molecule has 0 spiro atoms. The summed E-state index contributed by atoms with van der Waals surface area (Å²) in [6.45, 7) is 8.50. The van der Waals surface area contributed by atoms with Gasteiger partial charge < -0.3 is 15.2 Å². The molecule has 11 nitrogen and oxygen atoms in total. The third kappa shape index (κ3) is 6.16. The molecule has 0 radical (unpaired) electrons. The number of ether oxygens (including phenoxy) is 1. The Kier molecular flexibility index (Phi) is 7.35. The number of guanidine groups is 1. The first kappa shape index (κ1) is 26.6. The van der Waals surface area contributed by atoms with Crippen molar-refractivity contribution in [3.63, 3.8) is 0 Å². The molecule has 0 aromatic heterocycles. The minimum atomic E-state index is -1.01. The number of carbonyl (C=O) groups excluding carboxylic acids is 2. The van der Waals surface area contributed by atoms with Crippen LogP contribution in [0.1, 0.15) is 58.3 Å². The summed E-state index contributed by atoms with van der Waals surface area (Å²) < 4.78 is 5.29. The third-order valence-corrected chi connectivity index (χ3v) is 5.62. The van der Waals surface area contributed by atoms with Crippen LogP contribution < -0.4 is 10.6 Å². The highest BCUT2D eigenvalue weighted by atomic mass is 16.6. The van der Waals surface area contributed by atoms with Crippen molar-refractivity contribution in [2.75, 3.05) is 12.4 Å². The Hall–Kier alpha value is -3.99. The number of hydrogen-bond acceptors (Lipinski definition) is 8. The summed E-state index contributed by atoms with van der Waals surface area (Å²) in [5, 5.41) is 27.0. The second-order valence-electron chi connectivity index (χ2n) is 9.88. The number of nitrogens with zero attached hydrogens (tertiary/aromatic N) is 3. The van der Waals surface area contributed by atoms with Crippen molar-refractivity contribution in [2.45, 2.75) is 58.3 Å². The van der Waals surface area contributed by atoms with Crippen LogP contribution >= 0.6 is 0 Å². The molecule has 1 unspecified atom stereocenters. The fourth-order valence-corrected chi connectivity index (χ4v) is 3.71. The van der Waals surface area contributed by atoms with Crippen LogP contribution in [0.2, 0.25) is 0 Å². The summed E-state index contributed by atoms with van der Waals surface area (Å²) in [5.41, 5.74) is -0.0128. The molecule has 3 N–H and O–H groups in total. The molecule has 0 saturated carbocycles. The zero-order valence-corrected chi connectivity index (χ0v) is 21.2. The summed E-state index contributed by atoms with van der Waals surface area (Å²) in [5.74, 6) is -0.188. The van der Waals surface area contributed by atoms with E-state index in [1.165, 1.54) is 31.0 Å². The molecule has 0 saturated heterocycles.